The molecule has 1 aliphatic rings. The van der Waals surface area contributed by atoms with Crippen molar-refractivity contribution in [1.29, 1.82) is 0 Å². The highest BCUT2D eigenvalue weighted by Crippen LogP contribution is 2.30. The first-order chi connectivity index (χ1) is 12.2. The fraction of sp³-hybridized carbons (Fsp3) is 0.250. The Kier molecular flexibility index (Phi) is 4.36. The van der Waals surface area contributed by atoms with Gasteiger partial charge in [-0.25, -0.2) is 9.18 Å². The number of nitrogens with one attached hydrogen (secondary N) is 1. The van der Waals surface area contributed by atoms with Crippen LogP contribution in [0.4, 0.5) is 9.18 Å². The van der Waals surface area contributed by atoms with Crippen LogP contribution < -0.4 is 5.32 Å². The van der Waals surface area contributed by atoms with Crippen LogP contribution in [0.1, 0.15) is 34.0 Å². The van der Waals surface area contributed by atoms with E-state index in [4.69, 9.17) is 0 Å². The molecule has 2 aromatic rings. The number of carbonyl (C=O) groups is 3. The molecule has 0 saturated carbocycles. The van der Waals surface area contributed by atoms with Gasteiger partial charge in [-0.1, -0.05) is 42.0 Å². The average Bonchev–Trinajstić information content (AvgIpc) is 2.79. The Labute approximate surface area is 150 Å². The van der Waals surface area contributed by atoms with Gasteiger partial charge in [0, 0.05) is 11.1 Å². The minimum atomic E-state index is -1.54. The van der Waals surface area contributed by atoms with Crippen molar-refractivity contribution >= 4 is 17.7 Å². The van der Waals surface area contributed by atoms with E-state index in [0.717, 1.165) is 16.0 Å². The average molecular weight is 354 g/mol. The molecule has 2 aromatic carbocycles. The molecule has 134 valence electrons. The molecule has 5 nitrogen and oxygen atoms in total. The molecule has 0 radical (unpaired) electrons. The van der Waals surface area contributed by atoms with Crippen molar-refractivity contribution in [3.63, 3.8) is 0 Å². The van der Waals surface area contributed by atoms with E-state index in [1.54, 1.807) is 25.1 Å². The van der Waals surface area contributed by atoms with Crippen LogP contribution in [0.5, 0.6) is 0 Å². The summed E-state index contributed by atoms with van der Waals surface area (Å²) in [5.74, 6) is -1.58. The molecule has 3 rings (SSSR count). The zero-order valence-electron chi connectivity index (χ0n) is 14.8. The quantitative estimate of drug-likeness (QED) is 0.678. The molecule has 1 aliphatic heterocycles. The normalized spacial score (nSPS) is 19.6. The lowest BCUT2D eigenvalue weighted by Gasteiger charge is -2.22. The number of benzene rings is 2. The lowest BCUT2D eigenvalue weighted by atomic mass is 9.91. The van der Waals surface area contributed by atoms with E-state index in [1.165, 1.54) is 25.1 Å². The largest absolute Gasteiger partial charge is 0.325 e. The van der Waals surface area contributed by atoms with Crippen molar-refractivity contribution < 1.29 is 18.8 Å². The summed E-state index contributed by atoms with van der Waals surface area (Å²) in [6.07, 6.45) is 0. The van der Waals surface area contributed by atoms with Crippen LogP contribution in [0.3, 0.4) is 0 Å². The number of nitrogens with zero attached hydrogens (tertiary/aromatic N) is 1. The molecular formula is C20H19FN2O3. The third-order valence-electron chi connectivity index (χ3n) is 4.67. The molecule has 1 fully saturated rings. The van der Waals surface area contributed by atoms with E-state index in [-0.39, 0.29) is 11.3 Å². The number of rotatable bonds is 4. The van der Waals surface area contributed by atoms with Gasteiger partial charge in [0.05, 0.1) is 6.54 Å². The molecule has 0 bridgehead atoms. The first kappa shape index (κ1) is 17.8. The molecule has 0 spiro atoms. The maximum Gasteiger partial charge on any atom is 0.325 e. The molecule has 1 saturated heterocycles. The lowest BCUT2D eigenvalue weighted by Crippen LogP contribution is -2.42. The van der Waals surface area contributed by atoms with Crippen molar-refractivity contribution in [2.75, 3.05) is 6.54 Å². The summed E-state index contributed by atoms with van der Waals surface area (Å²) in [6.45, 7) is 4.76. The number of carbonyl (C=O) groups excluding carboxylic acids is 3. The number of halogens is 1. The second kappa shape index (κ2) is 6.37. The Morgan fingerprint density at radius 2 is 1.85 bits per heavy atom. The second-order valence-electron chi connectivity index (χ2n) is 6.67. The van der Waals surface area contributed by atoms with Crippen LogP contribution >= 0.6 is 0 Å². The van der Waals surface area contributed by atoms with Gasteiger partial charge in [-0.05, 0) is 32.4 Å². The van der Waals surface area contributed by atoms with Crippen LogP contribution in [0, 0.1) is 19.7 Å². The summed E-state index contributed by atoms with van der Waals surface area (Å²) < 4.78 is 14.1. The Hall–Kier alpha value is -3.02. The monoisotopic (exact) mass is 354 g/mol. The summed E-state index contributed by atoms with van der Waals surface area (Å²) in [5.41, 5.74) is 0.779. The topological polar surface area (TPSA) is 66.5 Å². The fourth-order valence-corrected chi connectivity index (χ4v) is 3.25. The number of hydrogen-bond acceptors (Lipinski definition) is 3. The van der Waals surface area contributed by atoms with Gasteiger partial charge in [0.1, 0.15) is 11.4 Å². The van der Waals surface area contributed by atoms with E-state index in [9.17, 15) is 18.8 Å². The minimum Gasteiger partial charge on any atom is -0.319 e. The summed E-state index contributed by atoms with van der Waals surface area (Å²) in [7, 11) is 0. The van der Waals surface area contributed by atoms with Crippen LogP contribution in [0.25, 0.3) is 0 Å². The molecule has 0 aliphatic carbocycles. The van der Waals surface area contributed by atoms with Crippen molar-refractivity contribution in [2.45, 2.75) is 26.3 Å². The Balaban J connectivity index is 1.88. The zero-order valence-corrected chi connectivity index (χ0v) is 14.8. The predicted molar refractivity (Wildman–Crippen MR) is 94.2 cm³/mol. The first-order valence-corrected chi connectivity index (χ1v) is 8.23. The molecule has 1 atom stereocenters. The molecule has 1 unspecified atom stereocenters. The van der Waals surface area contributed by atoms with Crippen LogP contribution in [0.15, 0.2) is 42.5 Å². The Morgan fingerprint density at radius 3 is 2.50 bits per heavy atom. The SMILES string of the molecule is Cc1ccc(C(=O)CN2C(=O)NC(C)(c3ccccc3F)C2=O)c(C)c1. The summed E-state index contributed by atoms with van der Waals surface area (Å²) in [6, 6.07) is 10.4. The molecule has 26 heavy (non-hydrogen) atoms. The highest BCUT2D eigenvalue weighted by Gasteiger charge is 2.50. The van der Waals surface area contributed by atoms with Crippen molar-refractivity contribution in [3.05, 3.63) is 70.5 Å². The van der Waals surface area contributed by atoms with E-state index in [0.29, 0.717) is 5.56 Å². The van der Waals surface area contributed by atoms with Crippen LogP contribution in [0.2, 0.25) is 0 Å². The highest BCUT2D eigenvalue weighted by atomic mass is 19.1. The van der Waals surface area contributed by atoms with Gasteiger partial charge in [-0.15, -0.1) is 0 Å². The third-order valence-corrected chi connectivity index (χ3v) is 4.67. The summed E-state index contributed by atoms with van der Waals surface area (Å²) >= 11 is 0. The van der Waals surface area contributed by atoms with E-state index in [1.807, 2.05) is 13.0 Å². The van der Waals surface area contributed by atoms with Crippen molar-refractivity contribution in [2.24, 2.45) is 0 Å². The molecule has 1 N–H and O–H groups in total. The zero-order chi connectivity index (χ0) is 19.1. The number of Topliss-reactive ketones (excluding diaryl/α,β-unsaturated/α-hetero) is 1. The van der Waals surface area contributed by atoms with E-state index in [2.05, 4.69) is 5.32 Å². The van der Waals surface area contributed by atoms with Gasteiger partial charge < -0.3 is 5.32 Å². The summed E-state index contributed by atoms with van der Waals surface area (Å²) in [4.78, 5) is 38.6. The van der Waals surface area contributed by atoms with Gasteiger partial charge in [0.25, 0.3) is 5.91 Å². The predicted octanol–water partition coefficient (Wildman–Crippen LogP) is 3.09. The number of imide groups is 1. The highest BCUT2D eigenvalue weighted by molar-refractivity contribution is 6.11. The lowest BCUT2D eigenvalue weighted by molar-refractivity contribution is -0.130. The number of hydrogen-bond donors (Lipinski definition) is 1. The van der Waals surface area contributed by atoms with Gasteiger partial charge in [-0.2, -0.15) is 0 Å². The van der Waals surface area contributed by atoms with Gasteiger partial charge in [0.2, 0.25) is 0 Å². The van der Waals surface area contributed by atoms with Crippen LogP contribution in [-0.2, 0) is 10.3 Å². The number of ketones is 1. The molecule has 0 aromatic heterocycles. The Morgan fingerprint density at radius 1 is 1.15 bits per heavy atom. The number of amides is 3. The maximum absolute atomic E-state index is 14.1. The van der Waals surface area contributed by atoms with E-state index >= 15 is 0 Å². The molecular weight excluding hydrogens is 335 g/mol. The van der Waals surface area contributed by atoms with Crippen molar-refractivity contribution in [3.8, 4) is 0 Å². The third kappa shape index (κ3) is 2.87. The molecule has 6 heteroatoms. The Bertz CT molecular complexity index is 925. The van der Waals surface area contributed by atoms with Crippen LogP contribution in [-0.4, -0.2) is 29.2 Å². The molecule has 3 amide bonds. The minimum absolute atomic E-state index is 0.0693. The number of urea groups is 1. The standard InChI is InChI=1S/C20H19FN2O3/c1-12-8-9-14(13(2)10-12)17(24)11-23-18(25)20(3,22-19(23)26)15-6-4-5-7-16(15)21/h4-10H,11H2,1-3H3,(H,22,26). The smallest absolute Gasteiger partial charge is 0.319 e. The van der Waals surface area contributed by atoms with Gasteiger partial charge in [-0.3, -0.25) is 14.5 Å². The number of aryl methyl sites for hydroxylation is 2. The van der Waals surface area contributed by atoms with E-state index < -0.39 is 29.8 Å². The first-order valence-electron chi connectivity index (χ1n) is 8.23. The fourth-order valence-electron chi connectivity index (χ4n) is 3.25. The summed E-state index contributed by atoms with van der Waals surface area (Å²) in [5, 5.41) is 2.51. The van der Waals surface area contributed by atoms with Gasteiger partial charge in [0.15, 0.2) is 5.78 Å². The van der Waals surface area contributed by atoms with Crippen molar-refractivity contribution in [1.82, 2.24) is 10.2 Å². The maximum atomic E-state index is 14.1. The van der Waals surface area contributed by atoms with Gasteiger partial charge >= 0.3 is 6.03 Å². The second-order valence-corrected chi connectivity index (χ2v) is 6.67. The molecule has 1 heterocycles.